The Morgan fingerprint density at radius 2 is 2.38 bits per heavy atom. The molecule has 0 bridgehead atoms. The number of nitrogens with zero attached hydrogens (tertiary/aromatic N) is 1. The predicted octanol–water partition coefficient (Wildman–Crippen LogP) is 1.50. The maximum atomic E-state index is 2.56. The number of hydrogen-bond donors (Lipinski definition) is 0. The summed E-state index contributed by atoms with van der Waals surface area (Å²) < 4.78 is 2.56. The molecular weight excluding hydrogens is 118 g/mol. The molecule has 2 heteroatoms. The van der Waals surface area contributed by atoms with Crippen LogP contribution in [-0.2, 0) is 0 Å². The molecule has 0 unspecified atom stereocenters. The maximum absolute atomic E-state index is 2.56. The van der Waals surface area contributed by atoms with Crippen molar-refractivity contribution in [1.82, 2.24) is 4.31 Å². The molecule has 1 atom stereocenters. The highest BCUT2D eigenvalue weighted by Crippen LogP contribution is 2.34. The fourth-order valence-electron chi connectivity index (χ4n) is 1.57. The number of rotatable bonds is 0. The van der Waals surface area contributed by atoms with Gasteiger partial charge in [0.15, 0.2) is 0 Å². The van der Waals surface area contributed by atoms with Gasteiger partial charge in [-0.2, -0.15) is 0 Å². The largest absolute Gasteiger partial charge is 0.248 e. The molecule has 0 saturated carbocycles. The van der Waals surface area contributed by atoms with Crippen LogP contribution in [0.2, 0.25) is 0 Å². The van der Waals surface area contributed by atoms with E-state index < -0.39 is 0 Å². The molecule has 0 radical (unpaired) electrons. The van der Waals surface area contributed by atoms with E-state index in [2.05, 4.69) is 4.31 Å². The van der Waals surface area contributed by atoms with E-state index in [9.17, 15) is 0 Å². The van der Waals surface area contributed by atoms with Crippen molar-refractivity contribution in [2.45, 2.75) is 25.3 Å². The first-order valence-corrected chi connectivity index (χ1v) is 4.30. The molecule has 2 aliphatic rings. The van der Waals surface area contributed by atoms with E-state index in [1.165, 1.54) is 31.6 Å². The molecule has 1 nitrogen and oxygen atoms in total. The van der Waals surface area contributed by atoms with E-state index in [0.29, 0.717) is 0 Å². The summed E-state index contributed by atoms with van der Waals surface area (Å²) in [6.45, 7) is 1.36. The van der Waals surface area contributed by atoms with E-state index in [0.717, 1.165) is 6.04 Å². The fourth-order valence-corrected chi connectivity index (χ4v) is 2.87. The zero-order valence-corrected chi connectivity index (χ0v) is 5.78. The molecule has 0 aliphatic carbocycles. The quantitative estimate of drug-likeness (QED) is 0.456. The summed E-state index contributed by atoms with van der Waals surface area (Å²) >= 11 is 2.05. The molecule has 0 aromatic heterocycles. The molecule has 0 spiro atoms. The standard InChI is InChI=1S/C6H11NS/c1-2-6-3-5-8-7(6)4-1/h6H,1-5H2/t6-/m0/s1. The van der Waals surface area contributed by atoms with Crippen LogP contribution in [0.3, 0.4) is 0 Å². The van der Waals surface area contributed by atoms with E-state index in [1.807, 2.05) is 11.9 Å². The van der Waals surface area contributed by atoms with Crippen LogP contribution in [0.5, 0.6) is 0 Å². The van der Waals surface area contributed by atoms with Crippen LogP contribution in [0.15, 0.2) is 0 Å². The summed E-state index contributed by atoms with van der Waals surface area (Å²) in [6.07, 6.45) is 4.36. The fraction of sp³-hybridized carbons (Fsp3) is 1.00. The summed E-state index contributed by atoms with van der Waals surface area (Å²) in [7, 11) is 0. The highest BCUT2D eigenvalue weighted by molar-refractivity contribution is 7.97. The normalized spacial score (nSPS) is 38.2. The molecular formula is C6H11NS. The first-order chi connectivity index (χ1) is 3.97. The molecule has 8 heavy (non-hydrogen) atoms. The van der Waals surface area contributed by atoms with Crippen molar-refractivity contribution in [3.8, 4) is 0 Å². The molecule has 2 heterocycles. The lowest BCUT2D eigenvalue weighted by Gasteiger charge is -2.10. The van der Waals surface area contributed by atoms with E-state index in [-0.39, 0.29) is 0 Å². The van der Waals surface area contributed by atoms with Crippen molar-refractivity contribution in [1.29, 1.82) is 0 Å². The van der Waals surface area contributed by atoms with Crippen molar-refractivity contribution in [2.75, 3.05) is 12.3 Å². The Bertz CT molecular complexity index is 74.5. The van der Waals surface area contributed by atoms with Gasteiger partial charge in [0.05, 0.1) is 0 Å². The van der Waals surface area contributed by atoms with Gasteiger partial charge >= 0.3 is 0 Å². The van der Waals surface area contributed by atoms with Crippen LogP contribution < -0.4 is 0 Å². The molecule has 0 aromatic carbocycles. The van der Waals surface area contributed by atoms with Gasteiger partial charge in [0.2, 0.25) is 0 Å². The SMILES string of the molecule is C1C[C@H]2CCSN2C1. The minimum Gasteiger partial charge on any atom is -0.248 e. The third kappa shape index (κ3) is 0.669. The molecule has 0 amide bonds. The molecule has 2 fully saturated rings. The zero-order chi connectivity index (χ0) is 5.40. The van der Waals surface area contributed by atoms with Gasteiger partial charge in [-0.15, -0.1) is 0 Å². The van der Waals surface area contributed by atoms with Crippen LogP contribution in [-0.4, -0.2) is 22.6 Å². The van der Waals surface area contributed by atoms with Crippen LogP contribution in [0, 0.1) is 0 Å². The predicted molar refractivity (Wildman–Crippen MR) is 36.8 cm³/mol. The Labute approximate surface area is 54.6 Å². The van der Waals surface area contributed by atoms with Crippen molar-refractivity contribution < 1.29 is 0 Å². The lowest BCUT2D eigenvalue weighted by Crippen LogP contribution is -2.14. The van der Waals surface area contributed by atoms with Crippen molar-refractivity contribution in [2.24, 2.45) is 0 Å². The molecule has 2 aliphatic heterocycles. The first kappa shape index (κ1) is 5.12. The van der Waals surface area contributed by atoms with E-state index in [1.54, 1.807) is 0 Å². The van der Waals surface area contributed by atoms with Crippen LogP contribution >= 0.6 is 11.9 Å². The Kier molecular flexibility index (Phi) is 1.23. The summed E-state index contributed by atoms with van der Waals surface area (Å²) in [5.74, 6) is 1.38. The lowest BCUT2D eigenvalue weighted by molar-refractivity contribution is 0.456. The van der Waals surface area contributed by atoms with Gasteiger partial charge in [0, 0.05) is 18.3 Å². The Morgan fingerprint density at radius 1 is 1.38 bits per heavy atom. The molecule has 46 valence electrons. The highest BCUT2D eigenvalue weighted by atomic mass is 32.2. The summed E-state index contributed by atoms with van der Waals surface area (Å²) in [4.78, 5) is 0. The topological polar surface area (TPSA) is 3.24 Å². The number of fused-ring (bicyclic) bond motifs is 1. The minimum atomic E-state index is 0.972. The average molecular weight is 129 g/mol. The van der Waals surface area contributed by atoms with E-state index >= 15 is 0 Å². The van der Waals surface area contributed by atoms with Gasteiger partial charge in [-0.3, -0.25) is 0 Å². The minimum absolute atomic E-state index is 0.972. The second-order valence-corrected chi connectivity index (χ2v) is 3.69. The molecule has 2 rings (SSSR count). The zero-order valence-electron chi connectivity index (χ0n) is 4.97. The van der Waals surface area contributed by atoms with Crippen molar-refractivity contribution in [3.05, 3.63) is 0 Å². The Hall–Kier alpha value is 0.310. The summed E-state index contributed by atoms with van der Waals surface area (Å²) in [5, 5.41) is 0. The highest BCUT2D eigenvalue weighted by Gasteiger charge is 2.29. The maximum Gasteiger partial charge on any atom is 0.0211 e. The van der Waals surface area contributed by atoms with Gasteiger partial charge in [-0.25, -0.2) is 4.31 Å². The smallest absolute Gasteiger partial charge is 0.0211 e. The van der Waals surface area contributed by atoms with Crippen LogP contribution in [0.25, 0.3) is 0 Å². The van der Waals surface area contributed by atoms with Gasteiger partial charge in [-0.1, -0.05) is 11.9 Å². The van der Waals surface area contributed by atoms with Crippen LogP contribution in [0.1, 0.15) is 19.3 Å². The monoisotopic (exact) mass is 129 g/mol. The summed E-state index contributed by atoms with van der Waals surface area (Å²) in [6, 6.07) is 0.972. The lowest BCUT2D eigenvalue weighted by atomic mass is 10.2. The molecule has 0 aromatic rings. The van der Waals surface area contributed by atoms with E-state index in [4.69, 9.17) is 0 Å². The van der Waals surface area contributed by atoms with Gasteiger partial charge in [0.25, 0.3) is 0 Å². The van der Waals surface area contributed by atoms with Gasteiger partial charge < -0.3 is 0 Å². The van der Waals surface area contributed by atoms with Crippen LogP contribution in [0.4, 0.5) is 0 Å². The second kappa shape index (κ2) is 1.92. The molecule has 0 N–H and O–H groups in total. The second-order valence-electron chi connectivity index (χ2n) is 2.56. The van der Waals surface area contributed by atoms with Crippen molar-refractivity contribution >= 4 is 11.9 Å². The average Bonchev–Trinajstić information content (AvgIpc) is 2.15. The van der Waals surface area contributed by atoms with Gasteiger partial charge in [-0.05, 0) is 19.3 Å². The number of hydrogen-bond acceptors (Lipinski definition) is 2. The Morgan fingerprint density at radius 3 is 3.25 bits per heavy atom. The summed E-state index contributed by atoms with van der Waals surface area (Å²) in [5.41, 5.74) is 0. The van der Waals surface area contributed by atoms with Crippen molar-refractivity contribution in [3.63, 3.8) is 0 Å². The van der Waals surface area contributed by atoms with Gasteiger partial charge in [0.1, 0.15) is 0 Å². The third-order valence-electron chi connectivity index (χ3n) is 2.03. The third-order valence-corrected chi connectivity index (χ3v) is 3.26. The molecule has 2 saturated heterocycles. The Balaban J connectivity index is 2.04. The first-order valence-electron chi connectivity index (χ1n) is 3.36.